The Bertz CT molecular complexity index is 419. The first-order valence-electron chi connectivity index (χ1n) is 7.45. The predicted molar refractivity (Wildman–Crippen MR) is 76.2 cm³/mol. The molecule has 2 rings (SSSR count). The van der Waals surface area contributed by atoms with Crippen LogP contribution in [0.2, 0.25) is 0 Å². The van der Waals surface area contributed by atoms with Crippen LogP contribution in [0.4, 0.5) is 0 Å². The first-order valence-corrected chi connectivity index (χ1v) is 7.45. The van der Waals surface area contributed by atoms with Gasteiger partial charge < -0.3 is 14.9 Å². The Kier molecular flexibility index (Phi) is 4.11. The molecule has 0 radical (unpaired) electrons. The van der Waals surface area contributed by atoms with E-state index >= 15 is 0 Å². The quantitative estimate of drug-likeness (QED) is 0.770. The number of aliphatic hydroxyl groups excluding tert-OH is 2. The lowest BCUT2D eigenvalue weighted by atomic mass is 9.61. The molecule has 114 valence electrons. The van der Waals surface area contributed by atoms with Gasteiger partial charge in [0.05, 0.1) is 18.3 Å². The smallest absolute Gasteiger partial charge is 0.164 e. The van der Waals surface area contributed by atoms with Gasteiger partial charge in [-0.1, -0.05) is 39.3 Å². The van der Waals surface area contributed by atoms with Crippen molar-refractivity contribution >= 4 is 5.78 Å². The molecule has 0 aromatic carbocycles. The van der Waals surface area contributed by atoms with E-state index in [1.807, 2.05) is 33.8 Å². The van der Waals surface area contributed by atoms with Gasteiger partial charge in [0.1, 0.15) is 6.10 Å². The third kappa shape index (κ3) is 2.34. The van der Waals surface area contributed by atoms with Crippen LogP contribution in [0.5, 0.6) is 0 Å². The van der Waals surface area contributed by atoms with Crippen LogP contribution in [-0.2, 0) is 9.53 Å². The van der Waals surface area contributed by atoms with Crippen molar-refractivity contribution in [1.29, 1.82) is 0 Å². The van der Waals surface area contributed by atoms with E-state index in [4.69, 9.17) is 4.74 Å². The molecule has 1 heterocycles. The summed E-state index contributed by atoms with van der Waals surface area (Å²) in [7, 11) is 0. The van der Waals surface area contributed by atoms with E-state index in [-0.39, 0.29) is 24.0 Å². The fourth-order valence-electron chi connectivity index (χ4n) is 3.50. The van der Waals surface area contributed by atoms with E-state index in [0.717, 1.165) is 6.42 Å². The Labute approximate surface area is 120 Å². The first-order chi connectivity index (χ1) is 9.24. The van der Waals surface area contributed by atoms with Crippen molar-refractivity contribution in [3.8, 4) is 0 Å². The molecule has 20 heavy (non-hydrogen) atoms. The monoisotopic (exact) mass is 282 g/mol. The molecule has 1 saturated heterocycles. The molecule has 3 unspecified atom stereocenters. The lowest BCUT2D eigenvalue weighted by Gasteiger charge is -2.42. The summed E-state index contributed by atoms with van der Waals surface area (Å²) in [5.74, 6) is 0.00149. The number of ketones is 1. The molecule has 0 spiro atoms. The molecule has 0 amide bonds. The number of aliphatic hydroxyl groups is 2. The number of hydrogen-bond donors (Lipinski definition) is 2. The molecule has 6 atom stereocenters. The highest BCUT2D eigenvalue weighted by Gasteiger charge is 2.62. The second-order valence-corrected chi connectivity index (χ2v) is 6.89. The van der Waals surface area contributed by atoms with Gasteiger partial charge in [-0.2, -0.15) is 0 Å². The zero-order valence-electron chi connectivity index (χ0n) is 12.8. The molecule has 2 N–H and O–H groups in total. The van der Waals surface area contributed by atoms with Gasteiger partial charge in [-0.15, -0.1) is 0 Å². The zero-order valence-corrected chi connectivity index (χ0v) is 12.8. The average Bonchev–Trinajstić information content (AvgIpc) is 2.62. The van der Waals surface area contributed by atoms with E-state index < -0.39 is 23.2 Å². The van der Waals surface area contributed by atoms with Crippen LogP contribution in [0.15, 0.2) is 12.2 Å². The van der Waals surface area contributed by atoms with E-state index in [9.17, 15) is 15.0 Å². The largest absolute Gasteiger partial charge is 0.389 e. The van der Waals surface area contributed by atoms with Crippen molar-refractivity contribution in [3.63, 3.8) is 0 Å². The highest BCUT2D eigenvalue weighted by Crippen LogP contribution is 2.53. The van der Waals surface area contributed by atoms with Gasteiger partial charge in [-0.25, -0.2) is 0 Å². The Morgan fingerprint density at radius 1 is 1.50 bits per heavy atom. The number of Topliss-reactive ketones (excluding diaryl/α,β-unsaturated/α-hetero) is 1. The zero-order chi connectivity index (χ0) is 15.1. The van der Waals surface area contributed by atoms with Crippen LogP contribution < -0.4 is 0 Å². The molecule has 0 aromatic rings. The Balaban J connectivity index is 2.23. The summed E-state index contributed by atoms with van der Waals surface area (Å²) in [5.41, 5.74) is -1.15. The topological polar surface area (TPSA) is 66.8 Å². The molecule has 2 aliphatic rings. The molecule has 0 aromatic heterocycles. The number of fused-ring (bicyclic) bond motifs is 2. The van der Waals surface area contributed by atoms with Crippen molar-refractivity contribution in [2.75, 3.05) is 6.61 Å². The third-order valence-electron chi connectivity index (χ3n) is 5.26. The minimum Gasteiger partial charge on any atom is -0.389 e. The highest BCUT2D eigenvalue weighted by atomic mass is 16.5. The number of rotatable bonds is 4. The maximum atomic E-state index is 11.9. The van der Waals surface area contributed by atoms with Crippen LogP contribution in [0, 0.1) is 17.3 Å². The summed E-state index contributed by atoms with van der Waals surface area (Å²) < 4.78 is 5.83. The summed E-state index contributed by atoms with van der Waals surface area (Å²) in [6, 6.07) is 0. The normalized spacial score (nSPS) is 44.0. The molecular formula is C16H26O4. The lowest BCUT2D eigenvalue weighted by molar-refractivity contribution is -0.142. The molecule has 2 fully saturated rings. The molecule has 1 saturated carbocycles. The van der Waals surface area contributed by atoms with E-state index in [1.165, 1.54) is 0 Å². The summed E-state index contributed by atoms with van der Waals surface area (Å²) >= 11 is 0. The maximum Gasteiger partial charge on any atom is 0.164 e. The molecule has 1 aliphatic carbocycles. The van der Waals surface area contributed by atoms with E-state index in [1.54, 1.807) is 6.08 Å². The second-order valence-electron chi connectivity index (χ2n) is 6.89. The van der Waals surface area contributed by atoms with Crippen LogP contribution in [0.1, 0.15) is 40.5 Å². The Morgan fingerprint density at radius 3 is 2.75 bits per heavy atom. The number of ether oxygens (including phenoxy) is 1. The first kappa shape index (κ1) is 15.7. The number of carbonyl (C=O) groups excluding carboxylic acids is 1. The molecule has 2 bridgehead atoms. The van der Waals surface area contributed by atoms with Gasteiger partial charge in [-0.3, -0.25) is 4.79 Å². The Morgan fingerprint density at radius 2 is 2.15 bits per heavy atom. The van der Waals surface area contributed by atoms with E-state index in [2.05, 4.69) is 0 Å². The minimum absolute atomic E-state index is 0.0543. The Hall–Kier alpha value is -0.710. The highest BCUT2D eigenvalue weighted by molar-refractivity contribution is 5.86. The van der Waals surface area contributed by atoms with E-state index in [0.29, 0.717) is 6.61 Å². The van der Waals surface area contributed by atoms with Crippen LogP contribution in [0.25, 0.3) is 0 Å². The van der Waals surface area contributed by atoms with Crippen molar-refractivity contribution in [2.45, 2.75) is 58.3 Å². The molecule has 4 nitrogen and oxygen atoms in total. The standard InChI is InChI=1S/C16H26O4/c1-5-10(2)11(17)6-7-13-15(3)9-20-16(13,4)8-12(18)14(15)19/h6-7,10-11,13-14,17,19H,5,8-9H2,1-4H3/b7-6+/t10?,11?,13-,14?,15-,16-/m1/s1. The van der Waals surface area contributed by atoms with Gasteiger partial charge in [0.2, 0.25) is 0 Å². The van der Waals surface area contributed by atoms with Crippen molar-refractivity contribution in [2.24, 2.45) is 17.3 Å². The van der Waals surface area contributed by atoms with Crippen LogP contribution >= 0.6 is 0 Å². The molecular weight excluding hydrogens is 256 g/mol. The third-order valence-corrected chi connectivity index (χ3v) is 5.26. The van der Waals surface area contributed by atoms with Crippen LogP contribution in [0.3, 0.4) is 0 Å². The molecule has 1 aliphatic heterocycles. The minimum atomic E-state index is -0.978. The van der Waals surface area contributed by atoms with Crippen molar-refractivity contribution < 1.29 is 19.7 Å². The van der Waals surface area contributed by atoms with Gasteiger partial charge in [-0.05, 0) is 12.8 Å². The maximum absolute atomic E-state index is 11.9. The average molecular weight is 282 g/mol. The fourth-order valence-corrected chi connectivity index (χ4v) is 3.50. The SMILES string of the molecule is CCC(C)C(O)/C=C/[C@H]1[C@@]2(C)CC(=O)C(O)[C@]1(C)CO2. The predicted octanol–water partition coefficient (Wildman–Crippen LogP) is 1.69. The summed E-state index contributed by atoms with van der Waals surface area (Å²) in [5, 5.41) is 20.3. The van der Waals surface area contributed by atoms with Crippen molar-refractivity contribution in [1.82, 2.24) is 0 Å². The number of carbonyl (C=O) groups is 1. The van der Waals surface area contributed by atoms with Gasteiger partial charge >= 0.3 is 0 Å². The summed E-state index contributed by atoms with van der Waals surface area (Å²) in [4.78, 5) is 11.9. The van der Waals surface area contributed by atoms with Crippen molar-refractivity contribution in [3.05, 3.63) is 12.2 Å². The fraction of sp³-hybridized carbons (Fsp3) is 0.812. The second kappa shape index (κ2) is 5.24. The summed E-state index contributed by atoms with van der Waals surface area (Å²) in [6.45, 7) is 8.24. The van der Waals surface area contributed by atoms with Gasteiger partial charge in [0, 0.05) is 17.8 Å². The van der Waals surface area contributed by atoms with Gasteiger partial charge in [0.25, 0.3) is 0 Å². The lowest BCUT2D eigenvalue weighted by Crippen LogP contribution is -2.53. The summed E-state index contributed by atoms with van der Waals surface area (Å²) in [6.07, 6.45) is 3.40. The molecule has 4 heteroatoms. The van der Waals surface area contributed by atoms with Crippen LogP contribution in [-0.4, -0.2) is 40.4 Å². The van der Waals surface area contributed by atoms with Gasteiger partial charge in [0.15, 0.2) is 5.78 Å². The number of hydrogen-bond acceptors (Lipinski definition) is 4.